The second-order valence-electron chi connectivity index (χ2n) is 7.49. The smallest absolute Gasteiger partial charge is 0.417 e. The second kappa shape index (κ2) is 11.9. The first kappa shape index (κ1) is 29.3. The first-order chi connectivity index (χ1) is 16.8. The topological polar surface area (TPSA) is 84.4 Å². The van der Waals surface area contributed by atoms with Gasteiger partial charge in [0.15, 0.2) is 0 Å². The van der Waals surface area contributed by atoms with E-state index in [0.717, 1.165) is 0 Å². The number of nitrogens with one attached hydrogen (secondary N) is 1. The quantitative estimate of drug-likeness (QED) is 0.356. The lowest BCUT2D eigenvalue weighted by atomic mass is 10.1. The van der Waals surface area contributed by atoms with E-state index in [1.165, 1.54) is 11.8 Å². The van der Waals surface area contributed by atoms with E-state index < -0.39 is 47.7 Å². The molecular formula is C22H26F6N4O3S. The number of carbonyl (C=O) groups is 2. The average molecular weight is 541 g/mol. The summed E-state index contributed by atoms with van der Waals surface area (Å²) < 4.78 is 84.0. The number of ether oxygens (including phenoxy) is 1. The number of hydrogen-bond donors (Lipinski definition) is 1. The molecule has 0 aliphatic carbocycles. The molecule has 1 aliphatic heterocycles. The molecule has 2 aromatic rings. The van der Waals surface area contributed by atoms with Gasteiger partial charge in [-0.25, -0.2) is 14.8 Å². The zero-order chi connectivity index (χ0) is 27.3. The molecule has 3 rings (SSSR count). The molecule has 1 saturated heterocycles. The minimum atomic E-state index is -5.00. The van der Waals surface area contributed by atoms with Crippen LogP contribution in [0.25, 0.3) is 10.4 Å². The fraction of sp³-hybridized carbons (Fsp3) is 0.545. The SMILES string of the molecule is CC.CCOC(=O)c1nc(C(=O)N2CCCC2C)c(-c2cnc(NCC(F)(F)F)cc2C(F)(F)F)s1. The molecule has 2 aromatic heterocycles. The van der Waals surface area contributed by atoms with E-state index in [0.29, 0.717) is 43.0 Å². The Hall–Kier alpha value is -2.90. The Labute approximate surface area is 207 Å². The van der Waals surface area contributed by atoms with Gasteiger partial charge in [-0.05, 0) is 32.8 Å². The average Bonchev–Trinajstić information content (AvgIpc) is 3.44. The van der Waals surface area contributed by atoms with Crippen LogP contribution in [0.2, 0.25) is 0 Å². The van der Waals surface area contributed by atoms with Crippen LogP contribution < -0.4 is 5.32 Å². The maximum Gasteiger partial charge on any atom is 0.417 e. The Kier molecular flexibility index (Phi) is 9.69. The van der Waals surface area contributed by atoms with E-state index in [-0.39, 0.29) is 28.2 Å². The summed E-state index contributed by atoms with van der Waals surface area (Å²) in [5.74, 6) is -2.21. The van der Waals surface area contributed by atoms with Gasteiger partial charge in [-0.3, -0.25) is 4.79 Å². The summed E-state index contributed by atoms with van der Waals surface area (Å²) >= 11 is 0.529. The van der Waals surface area contributed by atoms with Gasteiger partial charge in [0.1, 0.15) is 18.1 Å². The molecular weight excluding hydrogens is 514 g/mol. The fourth-order valence-electron chi connectivity index (χ4n) is 3.46. The summed E-state index contributed by atoms with van der Waals surface area (Å²) in [6.07, 6.45) is -7.55. The molecule has 0 spiro atoms. The molecule has 7 nitrogen and oxygen atoms in total. The lowest BCUT2D eigenvalue weighted by Crippen LogP contribution is -2.34. The van der Waals surface area contributed by atoms with E-state index in [4.69, 9.17) is 4.74 Å². The zero-order valence-electron chi connectivity index (χ0n) is 20.0. The number of carbonyl (C=O) groups excluding carboxylic acids is 2. The van der Waals surface area contributed by atoms with Crippen molar-refractivity contribution < 1.29 is 40.7 Å². The monoisotopic (exact) mass is 540 g/mol. The maximum absolute atomic E-state index is 13.9. The van der Waals surface area contributed by atoms with E-state index >= 15 is 0 Å². The molecule has 36 heavy (non-hydrogen) atoms. The van der Waals surface area contributed by atoms with Crippen molar-refractivity contribution in [2.45, 2.75) is 58.9 Å². The molecule has 1 fully saturated rings. The molecule has 0 aromatic carbocycles. The highest BCUT2D eigenvalue weighted by Gasteiger charge is 2.38. The van der Waals surface area contributed by atoms with E-state index in [2.05, 4.69) is 9.97 Å². The first-order valence-corrected chi connectivity index (χ1v) is 12.0. The van der Waals surface area contributed by atoms with Crippen molar-refractivity contribution in [3.8, 4) is 10.4 Å². The zero-order valence-corrected chi connectivity index (χ0v) is 20.8. The number of amides is 1. The van der Waals surface area contributed by atoms with Gasteiger partial charge >= 0.3 is 18.3 Å². The molecule has 1 atom stereocenters. The van der Waals surface area contributed by atoms with Gasteiger partial charge in [0.05, 0.1) is 17.0 Å². The predicted molar refractivity (Wildman–Crippen MR) is 122 cm³/mol. The summed E-state index contributed by atoms with van der Waals surface area (Å²) in [5.41, 5.74) is -2.27. The Morgan fingerprint density at radius 3 is 2.42 bits per heavy atom. The number of thiazole rings is 1. The highest BCUT2D eigenvalue weighted by molar-refractivity contribution is 7.17. The summed E-state index contributed by atoms with van der Waals surface area (Å²) in [7, 11) is 0. The molecule has 1 aliphatic rings. The van der Waals surface area contributed by atoms with Crippen molar-refractivity contribution >= 4 is 29.0 Å². The summed E-state index contributed by atoms with van der Waals surface area (Å²) in [6, 6.07) is 0.250. The molecule has 1 amide bonds. The van der Waals surface area contributed by atoms with Crippen molar-refractivity contribution in [3.63, 3.8) is 0 Å². The minimum Gasteiger partial charge on any atom is -0.461 e. The number of aromatic nitrogens is 2. The Morgan fingerprint density at radius 1 is 1.22 bits per heavy atom. The van der Waals surface area contributed by atoms with Gasteiger partial charge in [0.25, 0.3) is 5.91 Å². The number of rotatable bonds is 6. The predicted octanol–water partition coefficient (Wildman–Crippen LogP) is 6.03. The number of halogens is 6. The van der Waals surface area contributed by atoms with Crippen LogP contribution in [0, 0.1) is 0 Å². The third-order valence-corrected chi connectivity index (χ3v) is 6.09. The van der Waals surface area contributed by atoms with Crippen LogP contribution in [0.5, 0.6) is 0 Å². The number of alkyl halides is 6. The first-order valence-electron chi connectivity index (χ1n) is 11.2. The summed E-state index contributed by atoms with van der Waals surface area (Å²) in [6.45, 7) is 6.09. The maximum atomic E-state index is 13.9. The van der Waals surface area contributed by atoms with Gasteiger partial charge in [-0.1, -0.05) is 13.8 Å². The second-order valence-corrected chi connectivity index (χ2v) is 8.49. The highest BCUT2D eigenvalue weighted by atomic mass is 32.1. The summed E-state index contributed by atoms with van der Waals surface area (Å²) in [5, 5.41) is 1.49. The normalized spacial score (nSPS) is 15.8. The fourth-order valence-corrected chi connectivity index (χ4v) is 4.43. The standard InChI is InChI=1S/C20H20F6N4O3S.C2H6/c1-3-33-18(32)16-29-14(17(31)30-6-4-5-10(30)2)15(34-16)11-8-27-13(28-9-19(21,22)23)7-12(11)20(24,25)26;1-2/h7-8,10H,3-6,9H2,1-2H3,(H,27,28);1-2H3. The Balaban J connectivity index is 0.00000222. The van der Waals surface area contributed by atoms with Crippen LogP contribution in [-0.4, -0.2) is 58.7 Å². The number of pyridine rings is 1. The van der Waals surface area contributed by atoms with Gasteiger partial charge < -0.3 is 15.0 Å². The van der Waals surface area contributed by atoms with E-state index in [9.17, 15) is 35.9 Å². The molecule has 200 valence electrons. The third kappa shape index (κ3) is 7.08. The number of likely N-dealkylation sites (tertiary alicyclic amines) is 1. The lowest BCUT2D eigenvalue weighted by molar-refractivity contribution is -0.137. The minimum absolute atomic E-state index is 0.0187. The number of esters is 1. The van der Waals surface area contributed by atoms with Crippen molar-refractivity contribution in [2.24, 2.45) is 0 Å². The van der Waals surface area contributed by atoms with Crippen LogP contribution in [0.1, 0.15) is 66.4 Å². The lowest BCUT2D eigenvalue weighted by Gasteiger charge is -2.21. The Morgan fingerprint density at radius 2 is 1.89 bits per heavy atom. The number of nitrogens with zero attached hydrogens (tertiary/aromatic N) is 3. The van der Waals surface area contributed by atoms with E-state index in [1.807, 2.05) is 13.8 Å². The van der Waals surface area contributed by atoms with Gasteiger partial charge in [-0.15, -0.1) is 11.3 Å². The number of anilines is 1. The van der Waals surface area contributed by atoms with E-state index in [1.54, 1.807) is 12.2 Å². The Bertz CT molecular complexity index is 1070. The van der Waals surface area contributed by atoms with Crippen molar-refractivity contribution in [3.05, 3.63) is 28.5 Å². The van der Waals surface area contributed by atoms with Gasteiger partial charge in [-0.2, -0.15) is 26.3 Å². The molecule has 0 bridgehead atoms. The molecule has 0 saturated carbocycles. The molecule has 1 N–H and O–H groups in total. The van der Waals surface area contributed by atoms with Gasteiger partial charge in [0, 0.05) is 24.3 Å². The molecule has 3 heterocycles. The van der Waals surface area contributed by atoms with Crippen LogP contribution in [0.3, 0.4) is 0 Å². The highest BCUT2D eigenvalue weighted by Crippen LogP contribution is 2.42. The van der Waals surface area contributed by atoms with Crippen LogP contribution >= 0.6 is 11.3 Å². The van der Waals surface area contributed by atoms with Crippen LogP contribution in [0.15, 0.2) is 12.3 Å². The van der Waals surface area contributed by atoms with Crippen molar-refractivity contribution in [1.29, 1.82) is 0 Å². The van der Waals surface area contributed by atoms with Crippen LogP contribution in [0.4, 0.5) is 32.2 Å². The molecule has 0 radical (unpaired) electrons. The van der Waals surface area contributed by atoms with Crippen LogP contribution in [-0.2, 0) is 10.9 Å². The summed E-state index contributed by atoms with van der Waals surface area (Å²) in [4.78, 5) is 34.2. The third-order valence-electron chi connectivity index (χ3n) is 5.02. The largest absolute Gasteiger partial charge is 0.461 e. The number of hydrogen-bond acceptors (Lipinski definition) is 7. The van der Waals surface area contributed by atoms with Crippen molar-refractivity contribution in [1.82, 2.24) is 14.9 Å². The molecule has 1 unspecified atom stereocenters. The van der Waals surface area contributed by atoms with Gasteiger partial charge in [0.2, 0.25) is 5.01 Å². The molecule has 14 heteroatoms. The van der Waals surface area contributed by atoms with Crippen molar-refractivity contribution in [2.75, 3.05) is 25.0 Å².